The number of hydrogen-bond donors (Lipinski definition) is 1. The number of benzene rings is 2. The van der Waals surface area contributed by atoms with Gasteiger partial charge >= 0.3 is 0 Å². The molecule has 2 heterocycles. The summed E-state index contributed by atoms with van der Waals surface area (Å²) < 4.78 is 27.7. The maximum atomic E-state index is 14.3. The lowest BCUT2D eigenvalue weighted by molar-refractivity contribution is -0.129. The molecule has 7 heteroatoms. The molecule has 2 unspecified atom stereocenters. The maximum absolute atomic E-state index is 14.3. The molecule has 2 atom stereocenters. The quantitative estimate of drug-likeness (QED) is 0.656. The van der Waals surface area contributed by atoms with E-state index in [4.69, 9.17) is 9.47 Å². The molecular formula is C24H26FN3O3. The van der Waals surface area contributed by atoms with Crippen LogP contribution in [0.3, 0.4) is 0 Å². The minimum absolute atomic E-state index is 0.0929. The Bertz CT molecular complexity index is 1050. The van der Waals surface area contributed by atoms with Crippen molar-refractivity contribution in [1.29, 1.82) is 0 Å². The van der Waals surface area contributed by atoms with Crippen molar-refractivity contribution in [2.24, 2.45) is 5.92 Å². The second-order valence-electron chi connectivity index (χ2n) is 7.71. The van der Waals surface area contributed by atoms with E-state index in [2.05, 4.69) is 10.3 Å². The fourth-order valence-electron chi connectivity index (χ4n) is 4.03. The molecule has 1 aliphatic heterocycles. The van der Waals surface area contributed by atoms with Crippen LogP contribution in [0.4, 0.5) is 4.39 Å². The van der Waals surface area contributed by atoms with Crippen molar-refractivity contribution in [1.82, 2.24) is 14.9 Å². The molecule has 1 amide bonds. The van der Waals surface area contributed by atoms with Gasteiger partial charge < -0.3 is 19.4 Å². The van der Waals surface area contributed by atoms with Crippen LogP contribution >= 0.6 is 0 Å². The fraction of sp³-hybridized carbons (Fsp3) is 0.333. The summed E-state index contributed by atoms with van der Waals surface area (Å²) in [7, 11) is 1.60. The van der Waals surface area contributed by atoms with Gasteiger partial charge in [-0.15, -0.1) is 0 Å². The Labute approximate surface area is 181 Å². The van der Waals surface area contributed by atoms with E-state index in [0.29, 0.717) is 32.0 Å². The third-order valence-corrected chi connectivity index (χ3v) is 5.71. The minimum Gasteiger partial charge on any atom is -0.489 e. The number of ether oxygens (including phenoxy) is 2. The normalized spacial score (nSPS) is 18.5. The Kier molecular flexibility index (Phi) is 6.32. The number of aryl methyl sites for hydroxylation is 1. The summed E-state index contributed by atoms with van der Waals surface area (Å²) in [6.07, 6.45) is 4.34. The van der Waals surface area contributed by atoms with Gasteiger partial charge in [0.05, 0.1) is 12.5 Å². The molecule has 6 nitrogen and oxygen atoms in total. The number of halogens is 1. The Balaban J connectivity index is 1.47. The fourth-order valence-corrected chi connectivity index (χ4v) is 4.03. The molecule has 1 aromatic heterocycles. The van der Waals surface area contributed by atoms with E-state index < -0.39 is 0 Å². The third-order valence-electron chi connectivity index (χ3n) is 5.71. The predicted molar refractivity (Wildman–Crippen MR) is 115 cm³/mol. The molecule has 0 saturated carbocycles. The van der Waals surface area contributed by atoms with Gasteiger partial charge in [0.25, 0.3) is 0 Å². The summed E-state index contributed by atoms with van der Waals surface area (Å²) in [5.74, 6) is 0.452. The van der Waals surface area contributed by atoms with Crippen LogP contribution in [0.1, 0.15) is 29.3 Å². The Morgan fingerprint density at radius 3 is 2.81 bits per heavy atom. The summed E-state index contributed by atoms with van der Waals surface area (Å²) >= 11 is 0. The topological polar surface area (TPSA) is 65.4 Å². The average Bonchev–Trinajstić information content (AvgIpc) is 3.23. The number of rotatable bonds is 6. The molecule has 2 aromatic carbocycles. The lowest BCUT2D eigenvalue weighted by Crippen LogP contribution is -2.38. The number of nitrogens with one attached hydrogen (secondary N) is 1. The largest absolute Gasteiger partial charge is 0.489 e. The van der Waals surface area contributed by atoms with Crippen LogP contribution in [0.5, 0.6) is 5.75 Å². The van der Waals surface area contributed by atoms with Crippen molar-refractivity contribution < 1.29 is 18.7 Å². The molecule has 0 bridgehead atoms. The Morgan fingerprint density at radius 1 is 1.29 bits per heavy atom. The van der Waals surface area contributed by atoms with Crippen LogP contribution in [0.25, 0.3) is 5.69 Å². The number of imidazole rings is 1. The van der Waals surface area contributed by atoms with Crippen LogP contribution in [0.15, 0.2) is 54.9 Å². The van der Waals surface area contributed by atoms with Crippen LogP contribution in [-0.4, -0.2) is 35.7 Å². The minimum atomic E-state index is -0.374. The molecule has 0 spiro atoms. The first-order valence-corrected chi connectivity index (χ1v) is 10.4. The first kappa shape index (κ1) is 21.1. The molecule has 3 aromatic rings. The summed E-state index contributed by atoms with van der Waals surface area (Å²) in [6.45, 7) is 3.15. The Morgan fingerprint density at radius 2 is 2.10 bits per heavy atom. The first-order chi connectivity index (χ1) is 15.0. The van der Waals surface area contributed by atoms with Gasteiger partial charge in [-0.3, -0.25) is 4.79 Å². The van der Waals surface area contributed by atoms with Crippen molar-refractivity contribution in [2.45, 2.75) is 25.9 Å². The van der Waals surface area contributed by atoms with Crippen molar-refractivity contribution in [3.63, 3.8) is 0 Å². The highest BCUT2D eigenvalue weighted by molar-refractivity contribution is 5.79. The maximum Gasteiger partial charge on any atom is 0.225 e. The van der Waals surface area contributed by atoms with Gasteiger partial charge in [-0.2, -0.15) is 0 Å². The van der Waals surface area contributed by atoms with Gasteiger partial charge in [-0.1, -0.05) is 12.1 Å². The monoisotopic (exact) mass is 423 g/mol. The van der Waals surface area contributed by atoms with E-state index in [1.165, 1.54) is 12.1 Å². The van der Waals surface area contributed by atoms with Crippen molar-refractivity contribution in [2.75, 3.05) is 20.3 Å². The molecule has 1 fully saturated rings. The molecule has 1 aliphatic rings. The SMILES string of the molecule is CNC(=O)C1COCCC1c1cc(F)cc(OCc2ccc(-n3ccnc3C)cc2)c1. The third kappa shape index (κ3) is 4.77. The summed E-state index contributed by atoms with van der Waals surface area (Å²) in [5.41, 5.74) is 2.76. The molecule has 4 rings (SSSR count). The highest BCUT2D eigenvalue weighted by Gasteiger charge is 2.32. The zero-order valence-electron chi connectivity index (χ0n) is 17.7. The standard InChI is InChI=1S/C24H26FN3O3/c1-16-27-8-9-28(16)20-5-3-17(4-6-20)14-31-21-12-18(11-19(25)13-21)22-7-10-30-15-23(22)24(29)26-2/h3-6,8-9,11-13,22-23H,7,10,14-15H2,1-2H3,(H,26,29). The number of carbonyl (C=O) groups excluding carboxylic acids is 1. The zero-order chi connectivity index (χ0) is 21.8. The summed E-state index contributed by atoms with van der Waals surface area (Å²) in [5, 5.41) is 2.68. The van der Waals surface area contributed by atoms with Gasteiger partial charge in [0, 0.05) is 43.7 Å². The van der Waals surface area contributed by atoms with Crippen molar-refractivity contribution in [3.05, 3.63) is 77.6 Å². The van der Waals surface area contributed by atoms with E-state index >= 15 is 0 Å². The molecule has 162 valence electrons. The van der Waals surface area contributed by atoms with E-state index in [0.717, 1.165) is 22.6 Å². The average molecular weight is 423 g/mol. The highest BCUT2D eigenvalue weighted by Crippen LogP contribution is 2.34. The van der Waals surface area contributed by atoms with Gasteiger partial charge in [-0.05, 0) is 48.7 Å². The molecular weight excluding hydrogens is 397 g/mol. The van der Waals surface area contributed by atoms with E-state index in [1.54, 1.807) is 13.2 Å². The number of amides is 1. The molecule has 1 N–H and O–H groups in total. The van der Waals surface area contributed by atoms with Crippen LogP contribution in [0, 0.1) is 18.7 Å². The van der Waals surface area contributed by atoms with Gasteiger partial charge in [0.2, 0.25) is 5.91 Å². The van der Waals surface area contributed by atoms with Crippen LogP contribution < -0.4 is 10.1 Å². The number of carbonyl (C=O) groups is 1. The molecule has 31 heavy (non-hydrogen) atoms. The molecule has 0 radical (unpaired) electrons. The van der Waals surface area contributed by atoms with E-state index in [9.17, 15) is 9.18 Å². The second kappa shape index (κ2) is 9.31. The first-order valence-electron chi connectivity index (χ1n) is 10.4. The number of hydrogen-bond acceptors (Lipinski definition) is 4. The van der Waals surface area contributed by atoms with Crippen LogP contribution in [0.2, 0.25) is 0 Å². The number of nitrogens with zero attached hydrogens (tertiary/aromatic N) is 2. The molecule has 1 saturated heterocycles. The van der Waals surface area contributed by atoms with Gasteiger partial charge in [0.15, 0.2) is 0 Å². The smallest absolute Gasteiger partial charge is 0.225 e. The lowest BCUT2D eigenvalue weighted by atomic mass is 9.82. The van der Waals surface area contributed by atoms with Crippen molar-refractivity contribution in [3.8, 4) is 11.4 Å². The van der Waals surface area contributed by atoms with Gasteiger partial charge in [0.1, 0.15) is 24.0 Å². The number of aromatic nitrogens is 2. The van der Waals surface area contributed by atoms with Crippen molar-refractivity contribution >= 4 is 5.91 Å². The second-order valence-corrected chi connectivity index (χ2v) is 7.71. The zero-order valence-corrected chi connectivity index (χ0v) is 17.7. The summed E-state index contributed by atoms with van der Waals surface area (Å²) in [4.78, 5) is 16.5. The molecule has 0 aliphatic carbocycles. The Hall–Kier alpha value is -3.19. The van der Waals surface area contributed by atoms with Gasteiger partial charge in [-0.25, -0.2) is 9.37 Å². The van der Waals surface area contributed by atoms with E-state index in [1.807, 2.05) is 48.0 Å². The highest BCUT2D eigenvalue weighted by atomic mass is 19.1. The van der Waals surface area contributed by atoms with E-state index in [-0.39, 0.29) is 23.6 Å². The summed E-state index contributed by atoms with van der Waals surface area (Å²) in [6, 6.07) is 12.7. The predicted octanol–water partition coefficient (Wildman–Crippen LogP) is 3.76. The lowest BCUT2D eigenvalue weighted by Gasteiger charge is -2.30. The van der Waals surface area contributed by atoms with Crippen LogP contribution in [-0.2, 0) is 16.1 Å².